The van der Waals surface area contributed by atoms with E-state index in [4.69, 9.17) is 4.74 Å². The molecule has 1 saturated heterocycles. The highest BCUT2D eigenvalue weighted by atomic mass is 19.1. The number of hydrogen-bond acceptors (Lipinski definition) is 5. The Balaban J connectivity index is 1.80. The number of hydrogen-bond donors (Lipinski definition) is 0. The van der Waals surface area contributed by atoms with Gasteiger partial charge < -0.3 is 14.5 Å². The van der Waals surface area contributed by atoms with Crippen LogP contribution in [0.4, 0.5) is 15.8 Å². The molecule has 2 aromatic carbocycles. The van der Waals surface area contributed by atoms with E-state index in [0.717, 1.165) is 5.56 Å². The van der Waals surface area contributed by atoms with Crippen LogP contribution < -0.4 is 4.90 Å². The second-order valence-corrected chi connectivity index (χ2v) is 6.35. The molecule has 0 unspecified atom stereocenters. The molecule has 142 valence electrons. The average molecular weight is 373 g/mol. The standard InChI is InChI=1S/C19H20FN3O4/c1-21(13-14-2-5-16(20)6-3-14)19(24)15-4-7-17(18(12-15)23(25)26)22-8-10-27-11-9-22/h2-7,12H,8-11,13H2,1H3. The molecule has 0 saturated carbocycles. The number of rotatable bonds is 5. The van der Waals surface area contributed by atoms with E-state index in [9.17, 15) is 19.3 Å². The van der Waals surface area contributed by atoms with Crippen LogP contribution in [0.3, 0.4) is 0 Å². The predicted octanol–water partition coefficient (Wildman–Crippen LogP) is 2.84. The third kappa shape index (κ3) is 4.40. The van der Waals surface area contributed by atoms with Gasteiger partial charge in [0.15, 0.2) is 0 Å². The summed E-state index contributed by atoms with van der Waals surface area (Å²) < 4.78 is 18.3. The van der Waals surface area contributed by atoms with Gasteiger partial charge >= 0.3 is 0 Å². The maximum absolute atomic E-state index is 13.0. The van der Waals surface area contributed by atoms with Crippen molar-refractivity contribution in [2.45, 2.75) is 6.54 Å². The number of nitro benzene ring substituents is 1. The van der Waals surface area contributed by atoms with Gasteiger partial charge in [0.05, 0.1) is 18.1 Å². The predicted molar refractivity (Wildman–Crippen MR) is 98.3 cm³/mol. The van der Waals surface area contributed by atoms with E-state index >= 15 is 0 Å². The van der Waals surface area contributed by atoms with Gasteiger partial charge in [0.1, 0.15) is 11.5 Å². The Hall–Kier alpha value is -3.00. The lowest BCUT2D eigenvalue weighted by atomic mass is 10.1. The molecule has 2 aromatic rings. The molecule has 0 N–H and O–H groups in total. The SMILES string of the molecule is CN(Cc1ccc(F)cc1)C(=O)c1ccc(N2CCOCC2)c([N+](=O)[O-])c1. The Morgan fingerprint density at radius 3 is 2.52 bits per heavy atom. The van der Waals surface area contributed by atoms with Crippen molar-refractivity contribution in [1.82, 2.24) is 4.90 Å². The molecule has 0 spiro atoms. The topological polar surface area (TPSA) is 75.9 Å². The molecule has 1 fully saturated rings. The number of ether oxygens (including phenoxy) is 1. The zero-order chi connectivity index (χ0) is 19.4. The summed E-state index contributed by atoms with van der Waals surface area (Å²) in [5.74, 6) is -0.682. The molecule has 0 bridgehead atoms. The third-order valence-corrected chi connectivity index (χ3v) is 4.45. The average Bonchev–Trinajstić information content (AvgIpc) is 2.69. The van der Waals surface area contributed by atoms with Gasteiger partial charge in [-0.3, -0.25) is 14.9 Å². The van der Waals surface area contributed by atoms with Crippen LogP contribution in [0.2, 0.25) is 0 Å². The number of benzene rings is 2. The van der Waals surface area contributed by atoms with E-state index in [1.165, 1.54) is 23.1 Å². The number of carbonyl (C=O) groups excluding carboxylic acids is 1. The molecule has 1 amide bonds. The summed E-state index contributed by atoms with van der Waals surface area (Å²) in [4.78, 5) is 27.1. The second kappa shape index (κ2) is 8.13. The summed E-state index contributed by atoms with van der Waals surface area (Å²) in [6, 6.07) is 10.4. The van der Waals surface area contributed by atoms with Crippen LogP contribution in [-0.4, -0.2) is 49.1 Å². The number of anilines is 1. The van der Waals surface area contributed by atoms with E-state index in [1.54, 1.807) is 31.3 Å². The fourth-order valence-electron chi connectivity index (χ4n) is 3.03. The first-order valence-electron chi connectivity index (χ1n) is 8.57. The zero-order valence-electron chi connectivity index (χ0n) is 14.9. The summed E-state index contributed by atoms with van der Waals surface area (Å²) in [5, 5.41) is 11.5. The molecule has 0 aromatic heterocycles. The Kier molecular flexibility index (Phi) is 5.66. The van der Waals surface area contributed by atoms with Crippen molar-refractivity contribution in [3.05, 3.63) is 69.5 Å². The molecular weight excluding hydrogens is 353 g/mol. The highest BCUT2D eigenvalue weighted by molar-refractivity contribution is 5.95. The second-order valence-electron chi connectivity index (χ2n) is 6.35. The van der Waals surface area contributed by atoms with Gasteiger partial charge in [-0.15, -0.1) is 0 Å². The Bertz CT molecular complexity index is 835. The van der Waals surface area contributed by atoms with E-state index in [-0.39, 0.29) is 29.5 Å². The normalized spacial score (nSPS) is 14.1. The molecule has 8 heteroatoms. The lowest BCUT2D eigenvalue weighted by Crippen LogP contribution is -2.36. The lowest BCUT2D eigenvalue weighted by molar-refractivity contribution is -0.384. The van der Waals surface area contributed by atoms with Crippen LogP contribution in [0.25, 0.3) is 0 Å². The summed E-state index contributed by atoms with van der Waals surface area (Å²) in [5.41, 5.74) is 1.40. The smallest absolute Gasteiger partial charge is 0.293 e. The first-order valence-corrected chi connectivity index (χ1v) is 8.57. The fourth-order valence-corrected chi connectivity index (χ4v) is 3.03. The molecular formula is C19H20FN3O4. The quantitative estimate of drug-likeness (QED) is 0.595. The van der Waals surface area contributed by atoms with E-state index in [0.29, 0.717) is 32.0 Å². The van der Waals surface area contributed by atoms with Crippen LogP contribution in [0.15, 0.2) is 42.5 Å². The number of morpholine rings is 1. The van der Waals surface area contributed by atoms with Crippen molar-refractivity contribution >= 4 is 17.3 Å². The Morgan fingerprint density at radius 1 is 1.22 bits per heavy atom. The van der Waals surface area contributed by atoms with E-state index in [1.807, 2.05) is 4.90 Å². The van der Waals surface area contributed by atoms with Crippen LogP contribution >= 0.6 is 0 Å². The van der Waals surface area contributed by atoms with Gasteiger partial charge in [0.25, 0.3) is 11.6 Å². The summed E-state index contributed by atoms with van der Waals surface area (Å²) in [6.45, 7) is 2.44. The largest absolute Gasteiger partial charge is 0.378 e. The summed E-state index contributed by atoms with van der Waals surface area (Å²) >= 11 is 0. The number of halogens is 1. The van der Waals surface area contributed by atoms with Gasteiger partial charge in [0.2, 0.25) is 0 Å². The third-order valence-electron chi connectivity index (χ3n) is 4.45. The van der Waals surface area contributed by atoms with Crippen LogP contribution in [-0.2, 0) is 11.3 Å². The minimum atomic E-state index is -0.471. The highest BCUT2D eigenvalue weighted by Crippen LogP contribution is 2.30. The molecule has 1 aliphatic rings. The molecule has 1 aliphatic heterocycles. The van der Waals surface area contributed by atoms with E-state index < -0.39 is 4.92 Å². The van der Waals surface area contributed by atoms with Crippen molar-refractivity contribution in [3.63, 3.8) is 0 Å². The van der Waals surface area contributed by atoms with Crippen molar-refractivity contribution in [2.24, 2.45) is 0 Å². The van der Waals surface area contributed by atoms with Crippen LogP contribution in [0.5, 0.6) is 0 Å². The molecule has 27 heavy (non-hydrogen) atoms. The maximum Gasteiger partial charge on any atom is 0.293 e. The Labute approximate surface area is 156 Å². The first kappa shape index (κ1) is 18.8. The highest BCUT2D eigenvalue weighted by Gasteiger charge is 2.24. The van der Waals surface area contributed by atoms with Gasteiger partial charge in [-0.05, 0) is 29.8 Å². The monoisotopic (exact) mass is 373 g/mol. The number of nitrogens with zero attached hydrogens (tertiary/aromatic N) is 3. The van der Waals surface area contributed by atoms with Crippen LogP contribution in [0, 0.1) is 15.9 Å². The zero-order valence-corrected chi connectivity index (χ0v) is 14.9. The molecule has 7 nitrogen and oxygen atoms in total. The van der Waals surface area contributed by atoms with Crippen molar-refractivity contribution in [2.75, 3.05) is 38.3 Å². The van der Waals surface area contributed by atoms with Gasteiger partial charge in [-0.2, -0.15) is 0 Å². The molecule has 0 atom stereocenters. The van der Waals surface area contributed by atoms with Crippen molar-refractivity contribution in [1.29, 1.82) is 0 Å². The van der Waals surface area contributed by atoms with Gasteiger partial charge in [0, 0.05) is 38.3 Å². The molecule has 0 radical (unpaired) electrons. The van der Waals surface area contributed by atoms with Crippen molar-refractivity contribution < 1.29 is 18.8 Å². The number of carbonyl (C=O) groups is 1. The Morgan fingerprint density at radius 2 is 1.89 bits per heavy atom. The molecule has 0 aliphatic carbocycles. The van der Waals surface area contributed by atoms with Crippen molar-refractivity contribution in [3.8, 4) is 0 Å². The molecule has 1 heterocycles. The van der Waals surface area contributed by atoms with Crippen LogP contribution in [0.1, 0.15) is 15.9 Å². The fraction of sp³-hybridized carbons (Fsp3) is 0.316. The lowest BCUT2D eigenvalue weighted by Gasteiger charge is -2.28. The van der Waals surface area contributed by atoms with Gasteiger partial charge in [-0.25, -0.2) is 4.39 Å². The maximum atomic E-state index is 13.0. The van der Waals surface area contributed by atoms with E-state index in [2.05, 4.69) is 0 Å². The minimum absolute atomic E-state index is 0.0991. The number of amides is 1. The summed E-state index contributed by atoms with van der Waals surface area (Å²) in [7, 11) is 1.60. The van der Waals surface area contributed by atoms with Gasteiger partial charge in [-0.1, -0.05) is 12.1 Å². The number of nitro groups is 1. The molecule has 3 rings (SSSR count). The summed E-state index contributed by atoms with van der Waals surface area (Å²) in [6.07, 6.45) is 0. The first-order chi connectivity index (χ1) is 13.0. The minimum Gasteiger partial charge on any atom is -0.378 e.